The van der Waals surface area contributed by atoms with Crippen LogP contribution in [-0.2, 0) is 0 Å². The zero-order chi connectivity index (χ0) is 23.4. The molecule has 0 unspecified atom stereocenters. The minimum Gasteiger partial charge on any atom is -0.508 e. The van der Waals surface area contributed by atoms with E-state index in [-0.39, 0.29) is 11.7 Å². The minimum atomic E-state index is -0.0418. The Morgan fingerprint density at radius 2 is 1.55 bits per heavy atom. The van der Waals surface area contributed by atoms with E-state index in [2.05, 4.69) is 13.8 Å². The number of ether oxygens (including phenoxy) is 2. The number of carbonyl (C=O) groups excluding carboxylic acids is 1. The molecule has 0 aromatic heterocycles. The molecule has 3 aromatic rings. The van der Waals surface area contributed by atoms with Crippen molar-refractivity contribution in [3.05, 3.63) is 35.9 Å². The lowest BCUT2D eigenvalue weighted by Gasteiger charge is -2.18. The Balaban J connectivity index is 1.83. The van der Waals surface area contributed by atoms with E-state index < -0.39 is 0 Å². The van der Waals surface area contributed by atoms with Gasteiger partial charge in [0.15, 0.2) is 11.5 Å². The Kier molecular flexibility index (Phi) is 7.26. The number of hydrogen-bond acceptors (Lipinski definition) is 4. The summed E-state index contributed by atoms with van der Waals surface area (Å²) in [6, 6.07) is 9.18. The lowest BCUT2D eigenvalue weighted by atomic mass is 9.97. The van der Waals surface area contributed by atoms with Crippen molar-refractivity contribution < 1.29 is 19.4 Å². The molecule has 0 bridgehead atoms. The Bertz CT molecular complexity index is 1150. The number of aromatic hydroxyl groups is 1. The van der Waals surface area contributed by atoms with Crippen LogP contribution in [0.1, 0.15) is 75.6 Å². The molecule has 3 aromatic carbocycles. The monoisotopic (exact) mass is 449 g/mol. The van der Waals surface area contributed by atoms with Crippen molar-refractivity contribution in [3.8, 4) is 17.2 Å². The smallest absolute Gasteiger partial charge is 0.258 e. The van der Waals surface area contributed by atoms with Crippen LogP contribution in [0, 0.1) is 0 Å². The van der Waals surface area contributed by atoms with E-state index in [9.17, 15) is 9.90 Å². The first kappa shape index (κ1) is 23.2. The van der Waals surface area contributed by atoms with Gasteiger partial charge in [-0.15, -0.1) is 0 Å². The van der Waals surface area contributed by atoms with Crippen LogP contribution in [0.4, 0.5) is 5.69 Å². The Morgan fingerprint density at radius 1 is 0.848 bits per heavy atom. The zero-order valence-corrected chi connectivity index (χ0v) is 20.1. The van der Waals surface area contributed by atoms with Crippen LogP contribution >= 0.6 is 0 Å². The van der Waals surface area contributed by atoms with Crippen molar-refractivity contribution in [1.29, 1.82) is 0 Å². The molecule has 5 nitrogen and oxygen atoms in total. The first-order valence-corrected chi connectivity index (χ1v) is 12.4. The number of unbranched alkanes of at least 4 members (excludes halogenated alkanes) is 6. The van der Waals surface area contributed by atoms with Gasteiger partial charge in [-0.25, -0.2) is 0 Å². The van der Waals surface area contributed by atoms with Gasteiger partial charge in [0.2, 0.25) is 0 Å². The van der Waals surface area contributed by atoms with E-state index in [0.29, 0.717) is 30.3 Å². The van der Waals surface area contributed by atoms with Crippen molar-refractivity contribution >= 4 is 33.1 Å². The quantitative estimate of drug-likeness (QED) is 0.234. The number of phenolic OH excluding ortho intramolecular Hbond substituents is 1. The molecule has 0 spiro atoms. The fourth-order valence-electron chi connectivity index (χ4n) is 4.67. The van der Waals surface area contributed by atoms with E-state index in [4.69, 9.17) is 9.47 Å². The van der Waals surface area contributed by atoms with Crippen molar-refractivity contribution in [2.45, 2.75) is 65.2 Å². The lowest BCUT2D eigenvalue weighted by molar-refractivity contribution is 0.0998. The summed E-state index contributed by atoms with van der Waals surface area (Å²) >= 11 is 0. The van der Waals surface area contributed by atoms with Crippen molar-refractivity contribution in [1.82, 2.24) is 0 Å². The predicted octanol–water partition coefficient (Wildman–Crippen LogP) is 7.21. The average molecular weight is 450 g/mol. The molecule has 5 heteroatoms. The number of hydrogen-bond donors (Lipinski definition) is 1. The largest absolute Gasteiger partial charge is 0.508 e. The molecule has 0 radical (unpaired) electrons. The molecule has 0 atom stereocenters. The van der Waals surface area contributed by atoms with Gasteiger partial charge < -0.3 is 19.5 Å². The van der Waals surface area contributed by atoms with Crippen LogP contribution in [0.2, 0.25) is 0 Å². The third-order valence-corrected chi connectivity index (χ3v) is 6.49. The van der Waals surface area contributed by atoms with E-state index in [1.807, 2.05) is 18.2 Å². The van der Waals surface area contributed by atoms with Crippen LogP contribution in [-0.4, -0.2) is 31.3 Å². The number of fused-ring (bicyclic) bond motifs is 2. The molecule has 0 saturated carbocycles. The second kappa shape index (κ2) is 10.3. The van der Waals surface area contributed by atoms with Gasteiger partial charge in [-0.1, -0.05) is 52.4 Å². The molecule has 4 rings (SSSR count). The third-order valence-electron chi connectivity index (χ3n) is 6.49. The summed E-state index contributed by atoms with van der Waals surface area (Å²) in [4.78, 5) is 14.8. The van der Waals surface area contributed by atoms with E-state index in [1.165, 1.54) is 25.7 Å². The average Bonchev–Trinajstić information content (AvgIpc) is 3.04. The number of rotatable bonds is 12. The molecule has 1 aliphatic heterocycles. The fraction of sp³-hybridized carbons (Fsp3) is 0.464. The highest BCUT2D eigenvalue weighted by Crippen LogP contribution is 2.49. The summed E-state index contributed by atoms with van der Waals surface area (Å²) in [6.45, 7) is 5.59. The van der Waals surface area contributed by atoms with E-state index in [1.54, 1.807) is 24.1 Å². The van der Waals surface area contributed by atoms with Crippen molar-refractivity contribution in [2.75, 3.05) is 25.2 Å². The Labute approximate surface area is 196 Å². The summed E-state index contributed by atoms with van der Waals surface area (Å²) in [7, 11) is 1.79. The second-order valence-corrected chi connectivity index (χ2v) is 8.98. The van der Waals surface area contributed by atoms with Crippen LogP contribution in [0.5, 0.6) is 17.2 Å². The second-order valence-electron chi connectivity index (χ2n) is 8.98. The molecule has 176 valence electrons. The predicted molar refractivity (Wildman–Crippen MR) is 135 cm³/mol. The van der Waals surface area contributed by atoms with Crippen LogP contribution in [0.15, 0.2) is 30.3 Å². The molecule has 0 aliphatic carbocycles. The molecule has 33 heavy (non-hydrogen) atoms. The SMILES string of the molecule is CCCCCCOc1cc2c3c(cc4cc(O)ccc4c3c1OCCCCCC)N(C)C2=O. The molecular formula is C28H35NO4. The maximum atomic E-state index is 13.1. The summed E-state index contributed by atoms with van der Waals surface area (Å²) in [5, 5.41) is 13.7. The van der Waals surface area contributed by atoms with Gasteiger partial charge in [-0.2, -0.15) is 0 Å². The summed E-state index contributed by atoms with van der Waals surface area (Å²) in [5.41, 5.74) is 1.49. The maximum absolute atomic E-state index is 13.1. The standard InChI is InChI=1S/C28H35NO4/c1-4-6-8-10-14-32-24-18-22-25-23(29(3)28(22)31)17-19-16-20(30)12-13-21(19)26(25)27(24)33-15-11-9-7-5-2/h12-13,16-18,30H,4-11,14-15H2,1-3H3. The summed E-state index contributed by atoms with van der Waals surface area (Å²) in [5.74, 6) is 1.51. The molecule has 1 amide bonds. The number of amides is 1. The molecule has 0 fully saturated rings. The van der Waals surface area contributed by atoms with Gasteiger partial charge in [-0.05, 0) is 53.9 Å². The van der Waals surface area contributed by atoms with Gasteiger partial charge in [0.05, 0.1) is 24.5 Å². The van der Waals surface area contributed by atoms with Crippen LogP contribution in [0.25, 0.3) is 21.5 Å². The van der Waals surface area contributed by atoms with Crippen LogP contribution in [0.3, 0.4) is 0 Å². The van der Waals surface area contributed by atoms with Crippen molar-refractivity contribution in [3.63, 3.8) is 0 Å². The molecule has 1 N–H and O–H groups in total. The number of phenols is 1. The summed E-state index contributed by atoms with van der Waals surface area (Å²) in [6.07, 6.45) is 8.93. The first-order valence-electron chi connectivity index (χ1n) is 12.4. The van der Waals surface area contributed by atoms with Gasteiger partial charge in [-0.3, -0.25) is 4.79 Å². The Hall–Kier alpha value is -2.95. The summed E-state index contributed by atoms with van der Waals surface area (Å²) < 4.78 is 12.7. The number of anilines is 1. The minimum absolute atomic E-state index is 0.0418. The van der Waals surface area contributed by atoms with Gasteiger partial charge in [0, 0.05) is 17.8 Å². The number of carbonyl (C=O) groups is 1. The highest BCUT2D eigenvalue weighted by molar-refractivity contribution is 6.31. The molecule has 1 heterocycles. The number of benzene rings is 3. The van der Waals surface area contributed by atoms with Crippen molar-refractivity contribution in [2.24, 2.45) is 0 Å². The zero-order valence-electron chi connectivity index (χ0n) is 20.1. The fourth-order valence-corrected chi connectivity index (χ4v) is 4.67. The third kappa shape index (κ3) is 4.59. The maximum Gasteiger partial charge on any atom is 0.258 e. The lowest BCUT2D eigenvalue weighted by Crippen LogP contribution is -2.20. The van der Waals surface area contributed by atoms with Gasteiger partial charge >= 0.3 is 0 Å². The molecular weight excluding hydrogens is 414 g/mol. The Morgan fingerprint density at radius 3 is 2.24 bits per heavy atom. The van der Waals surface area contributed by atoms with Gasteiger partial charge in [0.1, 0.15) is 5.75 Å². The normalized spacial score (nSPS) is 12.8. The van der Waals surface area contributed by atoms with E-state index >= 15 is 0 Å². The first-order chi connectivity index (χ1) is 16.1. The molecule has 0 saturated heterocycles. The van der Waals surface area contributed by atoms with Gasteiger partial charge in [0.25, 0.3) is 5.91 Å². The molecule has 1 aliphatic rings. The topological polar surface area (TPSA) is 59.0 Å². The number of nitrogens with zero attached hydrogens (tertiary/aromatic N) is 1. The highest BCUT2D eigenvalue weighted by atomic mass is 16.5. The van der Waals surface area contributed by atoms with E-state index in [0.717, 1.165) is 52.9 Å². The van der Waals surface area contributed by atoms with Crippen LogP contribution < -0.4 is 14.4 Å². The highest BCUT2D eigenvalue weighted by Gasteiger charge is 2.32.